The summed E-state index contributed by atoms with van der Waals surface area (Å²) in [6.07, 6.45) is 8.27. The fourth-order valence-corrected chi connectivity index (χ4v) is 3.84. The second kappa shape index (κ2) is 7.39. The molecule has 24 heavy (non-hydrogen) atoms. The Kier molecular flexibility index (Phi) is 5.24. The van der Waals surface area contributed by atoms with Crippen molar-refractivity contribution in [3.8, 4) is 0 Å². The molecule has 1 amide bonds. The van der Waals surface area contributed by atoms with Gasteiger partial charge in [0, 0.05) is 23.7 Å². The summed E-state index contributed by atoms with van der Waals surface area (Å²) < 4.78 is 0. The Morgan fingerprint density at radius 2 is 2.21 bits per heavy atom. The maximum absolute atomic E-state index is 12.4. The topological polar surface area (TPSA) is 41.5 Å². The predicted octanol–water partition coefficient (Wildman–Crippen LogP) is 4.18. The molecule has 0 aromatic heterocycles. The summed E-state index contributed by atoms with van der Waals surface area (Å²) in [7, 11) is 0. The molecule has 0 spiro atoms. The standard InChI is InChI=1S/C20H24N2OS/c1-4-24-19-9-13(2)18(20(23)22-19)11-15-6-8-16-7-5-14(3)21-12-17(16)10-15/h6,8-14H,4-5,7H2,1-3H3,(H,22,23)/b18-11+. The fourth-order valence-electron chi connectivity index (χ4n) is 3.06. The van der Waals surface area contributed by atoms with Gasteiger partial charge < -0.3 is 5.32 Å². The van der Waals surface area contributed by atoms with Crippen molar-refractivity contribution in [1.82, 2.24) is 5.32 Å². The highest BCUT2D eigenvalue weighted by atomic mass is 32.2. The van der Waals surface area contributed by atoms with Crippen LogP contribution < -0.4 is 5.32 Å². The fraction of sp³-hybridized carbons (Fsp3) is 0.400. The van der Waals surface area contributed by atoms with Crippen LogP contribution in [0.1, 0.15) is 43.9 Å². The first kappa shape index (κ1) is 17.0. The molecule has 4 heteroatoms. The Bertz CT molecular complexity index is 733. The molecule has 0 saturated carbocycles. The van der Waals surface area contributed by atoms with Gasteiger partial charge in [-0.15, -0.1) is 11.8 Å². The zero-order valence-corrected chi connectivity index (χ0v) is 15.3. The second-order valence-electron chi connectivity index (χ2n) is 6.43. The van der Waals surface area contributed by atoms with E-state index >= 15 is 0 Å². The Labute approximate surface area is 148 Å². The Hall–Kier alpha value is -1.81. The van der Waals surface area contributed by atoms with Crippen molar-refractivity contribution in [3.63, 3.8) is 0 Å². The molecule has 2 atom stereocenters. The third-order valence-corrected chi connectivity index (χ3v) is 5.32. The van der Waals surface area contributed by atoms with Crippen LogP contribution in [0.15, 0.2) is 39.9 Å². The van der Waals surface area contributed by atoms with Crippen molar-refractivity contribution in [3.05, 3.63) is 51.6 Å². The normalized spacial score (nSPS) is 25.0. The Morgan fingerprint density at radius 1 is 1.38 bits per heavy atom. The maximum atomic E-state index is 12.4. The van der Waals surface area contributed by atoms with E-state index in [2.05, 4.69) is 55.4 Å². The average Bonchev–Trinajstić information content (AvgIpc) is 2.73. The van der Waals surface area contributed by atoms with Crippen LogP contribution in [-0.4, -0.2) is 23.9 Å². The second-order valence-corrected chi connectivity index (χ2v) is 7.74. The van der Waals surface area contributed by atoms with Gasteiger partial charge in [0.15, 0.2) is 0 Å². The Balaban J connectivity index is 1.89. The quantitative estimate of drug-likeness (QED) is 0.839. The van der Waals surface area contributed by atoms with Crippen molar-refractivity contribution in [1.29, 1.82) is 0 Å². The molecule has 0 radical (unpaired) electrons. The minimum atomic E-state index is 0.0122. The number of thioether (sulfide) groups is 1. The molecule has 2 aliphatic rings. The molecule has 0 fully saturated rings. The van der Waals surface area contributed by atoms with Crippen molar-refractivity contribution < 1.29 is 4.79 Å². The third kappa shape index (κ3) is 3.81. The summed E-state index contributed by atoms with van der Waals surface area (Å²) >= 11 is 1.67. The van der Waals surface area contributed by atoms with Crippen molar-refractivity contribution >= 4 is 30.0 Å². The van der Waals surface area contributed by atoms with Crippen LogP contribution in [0.3, 0.4) is 0 Å². The predicted molar refractivity (Wildman–Crippen MR) is 103 cm³/mol. The first-order chi connectivity index (χ1) is 11.6. The molecule has 3 nitrogen and oxygen atoms in total. The van der Waals surface area contributed by atoms with E-state index in [9.17, 15) is 4.79 Å². The molecular formula is C20H24N2OS. The van der Waals surface area contributed by atoms with Gasteiger partial charge >= 0.3 is 0 Å². The lowest BCUT2D eigenvalue weighted by Crippen LogP contribution is -2.30. The van der Waals surface area contributed by atoms with Crippen molar-refractivity contribution in [2.45, 2.75) is 39.7 Å². The monoisotopic (exact) mass is 340 g/mol. The van der Waals surface area contributed by atoms with Crippen LogP contribution in [0, 0.1) is 5.92 Å². The van der Waals surface area contributed by atoms with Gasteiger partial charge in [0.2, 0.25) is 0 Å². The van der Waals surface area contributed by atoms with Crippen LogP contribution in [0.25, 0.3) is 6.08 Å². The van der Waals surface area contributed by atoms with Crippen LogP contribution >= 0.6 is 11.8 Å². The van der Waals surface area contributed by atoms with E-state index in [0.717, 1.165) is 34.8 Å². The third-order valence-electron chi connectivity index (χ3n) is 4.48. The summed E-state index contributed by atoms with van der Waals surface area (Å²) in [5.41, 5.74) is 4.39. The van der Waals surface area contributed by atoms with Gasteiger partial charge in [-0.2, -0.15) is 0 Å². The van der Waals surface area contributed by atoms with Crippen LogP contribution in [-0.2, 0) is 11.2 Å². The molecule has 2 aliphatic heterocycles. The van der Waals surface area contributed by atoms with E-state index in [4.69, 9.17) is 0 Å². The summed E-state index contributed by atoms with van der Waals surface area (Å²) in [5, 5.41) is 3.95. The highest BCUT2D eigenvalue weighted by molar-refractivity contribution is 8.03. The summed E-state index contributed by atoms with van der Waals surface area (Å²) in [5.74, 6) is 1.10. The number of nitrogens with one attached hydrogen (secondary N) is 1. The van der Waals surface area contributed by atoms with Crippen molar-refractivity contribution in [2.75, 3.05) is 5.75 Å². The number of carbonyl (C=O) groups is 1. The molecule has 1 aromatic carbocycles. The minimum Gasteiger partial charge on any atom is -0.317 e. The van der Waals surface area contributed by atoms with Crippen LogP contribution in [0.2, 0.25) is 0 Å². The van der Waals surface area contributed by atoms with Crippen molar-refractivity contribution in [2.24, 2.45) is 10.9 Å². The molecule has 0 bridgehead atoms. The lowest BCUT2D eigenvalue weighted by atomic mass is 9.94. The number of amides is 1. The van der Waals surface area contributed by atoms with Gasteiger partial charge in [0.05, 0.1) is 5.03 Å². The Morgan fingerprint density at radius 3 is 2.96 bits per heavy atom. The number of carbonyl (C=O) groups excluding carboxylic acids is 1. The highest BCUT2D eigenvalue weighted by Crippen LogP contribution is 2.27. The smallest absolute Gasteiger partial charge is 0.252 e. The molecule has 1 N–H and O–H groups in total. The molecular weight excluding hydrogens is 316 g/mol. The minimum absolute atomic E-state index is 0.0122. The molecule has 1 aromatic rings. The molecule has 0 saturated heterocycles. The molecule has 126 valence electrons. The number of allylic oxidation sites excluding steroid dienone is 1. The van der Waals surface area contributed by atoms with Gasteiger partial charge in [-0.3, -0.25) is 9.79 Å². The summed E-state index contributed by atoms with van der Waals surface area (Å²) in [6, 6.07) is 6.80. The van der Waals surface area contributed by atoms with Gasteiger partial charge in [-0.05, 0) is 60.4 Å². The van der Waals surface area contributed by atoms with E-state index in [-0.39, 0.29) is 11.8 Å². The lowest BCUT2D eigenvalue weighted by molar-refractivity contribution is -0.117. The van der Waals surface area contributed by atoms with Crippen LogP contribution in [0.5, 0.6) is 0 Å². The SMILES string of the molecule is CCSC1=CC(C)/C(=C\c2ccc3c(c2)C=NC(C)CC3)C(=O)N1. The van der Waals surface area contributed by atoms with E-state index in [0.29, 0.717) is 6.04 Å². The number of fused-ring (bicyclic) bond motifs is 1. The average molecular weight is 340 g/mol. The van der Waals surface area contributed by atoms with Gasteiger partial charge in [0.25, 0.3) is 5.91 Å². The largest absolute Gasteiger partial charge is 0.317 e. The number of hydrogen-bond donors (Lipinski definition) is 1. The number of aryl methyl sites for hydroxylation is 1. The van der Waals surface area contributed by atoms with Gasteiger partial charge in [-0.25, -0.2) is 0 Å². The van der Waals surface area contributed by atoms with E-state index in [1.54, 1.807) is 11.8 Å². The number of rotatable bonds is 3. The number of hydrogen-bond acceptors (Lipinski definition) is 3. The number of aliphatic imine (C=N–C) groups is 1. The molecule has 2 unspecified atom stereocenters. The zero-order valence-electron chi connectivity index (χ0n) is 14.5. The van der Waals surface area contributed by atoms with Crippen LogP contribution in [0.4, 0.5) is 0 Å². The lowest BCUT2D eigenvalue weighted by Gasteiger charge is -2.21. The number of nitrogens with zero attached hydrogens (tertiary/aromatic N) is 1. The van der Waals surface area contributed by atoms with E-state index in [1.165, 1.54) is 11.1 Å². The highest BCUT2D eigenvalue weighted by Gasteiger charge is 2.22. The van der Waals surface area contributed by atoms with Gasteiger partial charge in [-0.1, -0.05) is 26.0 Å². The summed E-state index contributed by atoms with van der Waals surface area (Å²) in [6.45, 7) is 6.32. The maximum Gasteiger partial charge on any atom is 0.252 e. The molecule has 2 heterocycles. The van der Waals surface area contributed by atoms with Gasteiger partial charge in [0.1, 0.15) is 0 Å². The first-order valence-corrected chi connectivity index (χ1v) is 9.59. The summed E-state index contributed by atoms with van der Waals surface area (Å²) in [4.78, 5) is 17.0. The molecule has 0 aliphatic carbocycles. The van der Waals surface area contributed by atoms with E-state index < -0.39 is 0 Å². The zero-order chi connectivity index (χ0) is 17.1. The van der Waals surface area contributed by atoms with E-state index in [1.807, 2.05) is 12.3 Å². The molecule has 3 rings (SSSR count). The first-order valence-electron chi connectivity index (χ1n) is 8.60. The number of benzene rings is 1.